The minimum absolute atomic E-state index is 0.616. The summed E-state index contributed by atoms with van der Waals surface area (Å²) in [7, 11) is 0. The summed E-state index contributed by atoms with van der Waals surface area (Å²) in [5.41, 5.74) is 1.49. The highest BCUT2D eigenvalue weighted by atomic mass is 35.5. The fourth-order valence-corrected chi connectivity index (χ4v) is 1.50. The van der Waals surface area contributed by atoms with Crippen LogP contribution in [-0.2, 0) is 0 Å². The molecule has 1 aromatic heterocycles. The first-order chi connectivity index (χ1) is 6.77. The first kappa shape index (κ1) is 9.31. The molecule has 14 heavy (non-hydrogen) atoms. The number of rotatable bonds is 2. The second kappa shape index (κ2) is 3.86. The third-order valence-corrected chi connectivity index (χ3v) is 2.26. The first-order valence-electron chi connectivity index (χ1n) is 4.23. The van der Waals surface area contributed by atoms with Crippen LogP contribution in [0.4, 0.5) is 0 Å². The number of aliphatic hydroxyl groups is 1. The lowest BCUT2D eigenvalue weighted by molar-refractivity contribution is 0.219. The maximum Gasteiger partial charge on any atom is 0.107 e. The van der Waals surface area contributed by atoms with E-state index in [4.69, 9.17) is 16.0 Å². The van der Waals surface area contributed by atoms with E-state index >= 15 is 0 Å². The van der Waals surface area contributed by atoms with Crippen molar-refractivity contribution < 1.29 is 9.52 Å². The van der Waals surface area contributed by atoms with E-state index in [0.717, 1.165) is 11.1 Å². The zero-order chi connectivity index (χ0) is 9.97. The van der Waals surface area contributed by atoms with E-state index in [1.807, 2.05) is 6.07 Å². The molecule has 72 valence electrons. The maximum atomic E-state index is 9.89. The Morgan fingerprint density at radius 1 is 1.21 bits per heavy atom. The number of benzene rings is 1. The van der Waals surface area contributed by atoms with Crippen molar-refractivity contribution in [2.75, 3.05) is 0 Å². The van der Waals surface area contributed by atoms with Crippen molar-refractivity contribution in [2.24, 2.45) is 0 Å². The van der Waals surface area contributed by atoms with Crippen LogP contribution in [0.2, 0.25) is 5.02 Å². The van der Waals surface area contributed by atoms with Gasteiger partial charge in [-0.15, -0.1) is 0 Å². The molecule has 0 bridgehead atoms. The Morgan fingerprint density at radius 3 is 2.71 bits per heavy atom. The van der Waals surface area contributed by atoms with Crippen LogP contribution in [0, 0.1) is 0 Å². The third-order valence-electron chi connectivity index (χ3n) is 2.02. The molecule has 0 saturated heterocycles. The van der Waals surface area contributed by atoms with Gasteiger partial charge < -0.3 is 9.52 Å². The molecule has 2 aromatic rings. The second-order valence-corrected chi connectivity index (χ2v) is 3.45. The molecular formula is C11H9ClO2. The van der Waals surface area contributed by atoms with Crippen LogP contribution in [0.25, 0.3) is 0 Å². The summed E-state index contributed by atoms with van der Waals surface area (Å²) in [6.45, 7) is 0. The van der Waals surface area contributed by atoms with Crippen molar-refractivity contribution in [2.45, 2.75) is 6.10 Å². The monoisotopic (exact) mass is 208 g/mol. The predicted molar refractivity (Wildman–Crippen MR) is 54.2 cm³/mol. The Hall–Kier alpha value is -1.25. The summed E-state index contributed by atoms with van der Waals surface area (Å²) in [6.07, 6.45) is 2.38. The first-order valence-corrected chi connectivity index (χ1v) is 4.61. The summed E-state index contributed by atoms with van der Waals surface area (Å²) in [6, 6.07) is 8.86. The van der Waals surface area contributed by atoms with Gasteiger partial charge in [-0.1, -0.05) is 23.7 Å². The zero-order valence-corrected chi connectivity index (χ0v) is 8.11. The van der Waals surface area contributed by atoms with Crippen LogP contribution in [0.5, 0.6) is 0 Å². The molecule has 0 unspecified atom stereocenters. The topological polar surface area (TPSA) is 33.4 Å². The minimum atomic E-state index is -0.674. The molecule has 1 aromatic carbocycles. The molecule has 3 heteroatoms. The van der Waals surface area contributed by atoms with Gasteiger partial charge in [0, 0.05) is 10.6 Å². The van der Waals surface area contributed by atoms with Gasteiger partial charge in [-0.3, -0.25) is 0 Å². The summed E-state index contributed by atoms with van der Waals surface area (Å²) >= 11 is 5.82. The van der Waals surface area contributed by atoms with Gasteiger partial charge in [-0.05, 0) is 23.8 Å². The highest BCUT2D eigenvalue weighted by Crippen LogP contribution is 2.24. The lowest BCUT2D eigenvalue weighted by atomic mass is 10.0. The Morgan fingerprint density at radius 2 is 2.07 bits per heavy atom. The molecule has 0 spiro atoms. The van der Waals surface area contributed by atoms with Crippen molar-refractivity contribution >= 4 is 11.6 Å². The Balaban J connectivity index is 2.32. The van der Waals surface area contributed by atoms with Gasteiger partial charge in [0.2, 0.25) is 0 Å². The largest absolute Gasteiger partial charge is 0.472 e. The molecule has 0 aliphatic rings. The summed E-state index contributed by atoms with van der Waals surface area (Å²) in [5.74, 6) is 0. The van der Waals surface area contributed by atoms with Gasteiger partial charge in [0.05, 0.1) is 12.5 Å². The molecule has 0 amide bonds. The highest BCUT2D eigenvalue weighted by molar-refractivity contribution is 6.30. The molecule has 0 aliphatic carbocycles. The average Bonchev–Trinajstić information content (AvgIpc) is 2.69. The van der Waals surface area contributed by atoms with E-state index in [0.29, 0.717) is 5.02 Å². The quantitative estimate of drug-likeness (QED) is 0.823. The van der Waals surface area contributed by atoms with Gasteiger partial charge in [-0.2, -0.15) is 0 Å². The zero-order valence-electron chi connectivity index (χ0n) is 7.35. The van der Waals surface area contributed by atoms with E-state index in [2.05, 4.69) is 0 Å². The standard InChI is InChI=1S/C11H9ClO2/c12-10-3-1-2-8(6-10)11(13)9-4-5-14-7-9/h1-7,11,13H/t11-/m1/s1. The van der Waals surface area contributed by atoms with Crippen LogP contribution in [0.15, 0.2) is 47.3 Å². The maximum absolute atomic E-state index is 9.89. The number of halogens is 1. The van der Waals surface area contributed by atoms with E-state index in [-0.39, 0.29) is 0 Å². The van der Waals surface area contributed by atoms with Crippen LogP contribution in [0.3, 0.4) is 0 Å². The molecule has 1 heterocycles. The second-order valence-electron chi connectivity index (χ2n) is 3.01. The Kier molecular flexibility index (Phi) is 2.57. The van der Waals surface area contributed by atoms with Crippen molar-refractivity contribution in [3.63, 3.8) is 0 Å². The van der Waals surface area contributed by atoms with E-state index < -0.39 is 6.10 Å². The van der Waals surface area contributed by atoms with Crippen LogP contribution < -0.4 is 0 Å². The summed E-state index contributed by atoms with van der Waals surface area (Å²) in [4.78, 5) is 0. The minimum Gasteiger partial charge on any atom is -0.472 e. The van der Waals surface area contributed by atoms with Gasteiger partial charge in [0.15, 0.2) is 0 Å². The predicted octanol–water partition coefficient (Wildman–Crippen LogP) is 3.01. The van der Waals surface area contributed by atoms with Gasteiger partial charge in [0.1, 0.15) is 6.10 Å². The normalized spacial score (nSPS) is 12.7. The summed E-state index contributed by atoms with van der Waals surface area (Å²) < 4.78 is 4.89. The van der Waals surface area contributed by atoms with E-state index in [1.54, 1.807) is 24.3 Å². The number of aliphatic hydroxyl groups excluding tert-OH is 1. The van der Waals surface area contributed by atoms with Gasteiger partial charge in [0.25, 0.3) is 0 Å². The SMILES string of the molecule is O[C@@H](c1ccoc1)c1cccc(Cl)c1. The highest BCUT2D eigenvalue weighted by Gasteiger charge is 2.11. The lowest BCUT2D eigenvalue weighted by Crippen LogP contribution is -1.97. The fraction of sp³-hybridized carbons (Fsp3) is 0.0909. The third kappa shape index (κ3) is 1.81. The summed E-state index contributed by atoms with van der Waals surface area (Å²) in [5, 5.41) is 10.5. The Bertz CT molecular complexity index is 409. The molecule has 0 aliphatic heterocycles. The molecule has 0 saturated carbocycles. The smallest absolute Gasteiger partial charge is 0.107 e. The van der Waals surface area contributed by atoms with Crippen LogP contribution in [-0.4, -0.2) is 5.11 Å². The molecular weight excluding hydrogens is 200 g/mol. The average molecular weight is 209 g/mol. The van der Waals surface area contributed by atoms with Crippen molar-refractivity contribution in [1.29, 1.82) is 0 Å². The number of hydrogen-bond donors (Lipinski definition) is 1. The van der Waals surface area contributed by atoms with Gasteiger partial charge in [-0.25, -0.2) is 0 Å². The molecule has 2 nitrogen and oxygen atoms in total. The van der Waals surface area contributed by atoms with E-state index in [1.165, 1.54) is 12.5 Å². The molecule has 0 fully saturated rings. The van der Waals surface area contributed by atoms with Crippen molar-refractivity contribution in [3.8, 4) is 0 Å². The molecule has 2 rings (SSSR count). The van der Waals surface area contributed by atoms with Crippen molar-refractivity contribution in [1.82, 2.24) is 0 Å². The molecule has 0 radical (unpaired) electrons. The van der Waals surface area contributed by atoms with Crippen LogP contribution >= 0.6 is 11.6 Å². The molecule has 1 N–H and O–H groups in total. The van der Waals surface area contributed by atoms with Crippen LogP contribution in [0.1, 0.15) is 17.2 Å². The Labute approximate surface area is 86.7 Å². The van der Waals surface area contributed by atoms with E-state index in [9.17, 15) is 5.11 Å². The fourth-order valence-electron chi connectivity index (χ4n) is 1.30. The number of furan rings is 1. The number of hydrogen-bond acceptors (Lipinski definition) is 2. The lowest BCUT2D eigenvalue weighted by Gasteiger charge is -2.08. The van der Waals surface area contributed by atoms with Gasteiger partial charge >= 0.3 is 0 Å². The molecule has 1 atom stereocenters. The van der Waals surface area contributed by atoms with Crippen molar-refractivity contribution in [3.05, 3.63) is 59.0 Å².